The van der Waals surface area contributed by atoms with Crippen LogP contribution in [0.15, 0.2) is 24.3 Å². The fraction of sp³-hybridized carbons (Fsp3) is 0.353. The summed E-state index contributed by atoms with van der Waals surface area (Å²) in [6.07, 6.45) is 10.4. The second kappa shape index (κ2) is 5.71. The number of carbonyl (C=O) groups is 1. The van der Waals surface area contributed by atoms with E-state index in [4.69, 9.17) is 18.0 Å². The molecule has 1 fully saturated rings. The summed E-state index contributed by atoms with van der Waals surface area (Å²) in [7, 11) is 0. The van der Waals surface area contributed by atoms with E-state index in [2.05, 4.69) is 11.2 Å². The summed E-state index contributed by atoms with van der Waals surface area (Å²) in [4.78, 5) is 12.6. The number of amides is 1. The Morgan fingerprint density at radius 3 is 2.67 bits per heavy atom. The summed E-state index contributed by atoms with van der Waals surface area (Å²) in [6.45, 7) is 0. The summed E-state index contributed by atoms with van der Waals surface area (Å²) < 4.78 is 1.07. The number of rotatable bonds is 2. The minimum absolute atomic E-state index is 0.0850. The molecular formula is C17H16ClNOS. The van der Waals surface area contributed by atoms with Crippen LogP contribution in [0.1, 0.15) is 32.1 Å². The van der Waals surface area contributed by atoms with Crippen LogP contribution >= 0.6 is 22.9 Å². The maximum atomic E-state index is 12.6. The number of terminal acetylenes is 1. The average Bonchev–Trinajstić information content (AvgIpc) is 2.84. The predicted molar refractivity (Wildman–Crippen MR) is 89.8 cm³/mol. The van der Waals surface area contributed by atoms with Gasteiger partial charge in [0.25, 0.3) is 0 Å². The van der Waals surface area contributed by atoms with Gasteiger partial charge in [-0.25, -0.2) is 0 Å². The molecule has 1 aromatic carbocycles. The van der Waals surface area contributed by atoms with Crippen LogP contribution in [0.4, 0.5) is 5.00 Å². The average molecular weight is 318 g/mol. The number of halogens is 1. The molecule has 1 saturated carbocycles. The fourth-order valence-electron chi connectivity index (χ4n) is 2.91. The van der Waals surface area contributed by atoms with E-state index in [1.54, 1.807) is 0 Å². The molecule has 0 atom stereocenters. The lowest BCUT2D eigenvalue weighted by molar-refractivity contribution is -0.124. The van der Waals surface area contributed by atoms with Crippen molar-refractivity contribution in [1.82, 2.24) is 0 Å². The Kier molecular flexibility index (Phi) is 3.93. The topological polar surface area (TPSA) is 29.1 Å². The number of fused-ring (bicyclic) bond motifs is 1. The van der Waals surface area contributed by atoms with Gasteiger partial charge in [0.15, 0.2) is 0 Å². The van der Waals surface area contributed by atoms with Crippen LogP contribution in [-0.4, -0.2) is 5.91 Å². The van der Waals surface area contributed by atoms with E-state index < -0.39 is 5.41 Å². The Hall–Kier alpha value is -1.50. The molecule has 108 valence electrons. The Morgan fingerprint density at radius 1 is 1.29 bits per heavy atom. The molecule has 1 heterocycles. The Balaban J connectivity index is 1.89. The Morgan fingerprint density at radius 2 is 2.00 bits per heavy atom. The van der Waals surface area contributed by atoms with Crippen molar-refractivity contribution in [2.24, 2.45) is 5.41 Å². The van der Waals surface area contributed by atoms with Crippen molar-refractivity contribution in [3.8, 4) is 12.3 Å². The maximum Gasteiger partial charge on any atom is 0.243 e. The largest absolute Gasteiger partial charge is 0.315 e. The van der Waals surface area contributed by atoms with Crippen molar-refractivity contribution >= 4 is 43.9 Å². The summed E-state index contributed by atoms with van der Waals surface area (Å²) in [6, 6.07) is 7.86. The molecule has 1 aromatic heterocycles. The lowest BCUT2D eigenvalue weighted by atomic mass is 9.74. The second-order valence-electron chi connectivity index (χ2n) is 5.48. The summed E-state index contributed by atoms with van der Waals surface area (Å²) in [5, 5.41) is 5.24. The maximum absolute atomic E-state index is 12.6. The zero-order valence-corrected chi connectivity index (χ0v) is 13.2. The third kappa shape index (κ3) is 2.54. The SMILES string of the molecule is C#CC1(C(=O)Nc2sc3ccccc3c2Cl)CCCCC1. The van der Waals surface area contributed by atoms with Gasteiger partial charge in [0, 0.05) is 10.1 Å². The predicted octanol–water partition coefficient (Wildman–Crippen LogP) is 5.08. The molecule has 0 saturated heterocycles. The molecule has 2 nitrogen and oxygen atoms in total. The van der Waals surface area contributed by atoms with Gasteiger partial charge in [-0.1, -0.05) is 55.0 Å². The van der Waals surface area contributed by atoms with Gasteiger partial charge in [-0.3, -0.25) is 4.79 Å². The normalized spacial score (nSPS) is 17.3. The van der Waals surface area contributed by atoms with Gasteiger partial charge in [-0.15, -0.1) is 17.8 Å². The van der Waals surface area contributed by atoms with Crippen molar-refractivity contribution in [3.05, 3.63) is 29.3 Å². The minimum Gasteiger partial charge on any atom is -0.315 e. The summed E-state index contributed by atoms with van der Waals surface area (Å²) in [5.41, 5.74) is -0.669. The number of benzene rings is 1. The summed E-state index contributed by atoms with van der Waals surface area (Å²) >= 11 is 7.87. The molecule has 0 bridgehead atoms. The van der Waals surface area contributed by atoms with Gasteiger partial charge in [0.1, 0.15) is 10.4 Å². The molecule has 0 unspecified atom stereocenters. The first-order valence-electron chi connectivity index (χ1n) is 7.12. The fourth-order valence-corrected chi connectivity index (χ4v) is 4.28. The van der Waals surface area contributed by atoms with Crippen LogP contribution in [0, 0.1) is 17.8 Å². The number of hydrogen-bond acceptors (Lipinski definition) is 2. The van der Waals surface area contributed by atoms with Crippen LogP contribution in [0.3, 0.4) is 0 Å². The lowest BCUT2D eigenvalue weighted by Gasteiger charge is -2.30. The first-order chi connectivity index (χ1) is 10.2. The zero-order chi connectivity index (χ0) is 14.9. The molecule has 1 N–H and O–H groups in total. The molecular weight excluding hydrogens is 302 g/mol. The van der Waals surface area contributed by atoms with Crippen LogP contribution in [0.2, 0.25) is 5.02 Å². The van der Waals surface area contributed by atoms with Crippen LogP contribution < -0.4 is 5.32 Å². The van der Waals surface area contributed by atoms with E-state index in [1.165, 1.54) is 11.3 Å². The molecule has 3 rings (SSSR count). The van der Waals surface area contributed by atoms with Crippen molar-refractivity contribution < 1.29 is 4.79 Å². The third-order valence-electron chi connectivity index (χ3n) is 4.18. The van der Waals surface area contributed by atoms with Crippen LogP contribution in [0.25, 0.3) is 10.1 Å². The monoisotopic (exact) mass is 317 g/mol. The number of thiophene rings is 1. The van der Waals surface area contributed by atoms with Gasteiger partial charge in [0.2, 0.25) is 5.91 Å². The van der Waals surface area contributed by atoms with E-state index in [9.17, 15) is 4.79 Å². The first-order valence-corrected chi connectivity index (χ1v) is 8.32. The van der Waals surface area contributed by atoms with E-state index in [0.29, 0.717) is 10.0 Å². The van der Waals surface area contributed by atoms with Crippen molar-refractivity contribution in [2.45, 2.75) is 32.1 Å². The number of anilines is 1. The highest BCUT2D eigenvalue weighted by molar-refractivity contribution is 7.23. The molecule has 0 radical (unpaired) electrons. The number of carbonyl (C=O) groups excluding carboxylic acids is 1. The highest BCUT2D eigenvalue weighted by atomic mass is 35.5. The molecule has 1 aliphatic carbocycles. The van der Waals surface area contributed by atoms with Crippen LogP contribution in [0.5, 0.6) is 0 Å². The van der Waals surface area contributed by atoms with Crippen molar-refractivity contribution in [2.75, 3.05) is 5.32 Å². The minimum atomic E-state index is -0.669. The van der Waals surface area contributed by atoms with Gasteiger partial charge in [0.05, 0.1) is 5.02 Å². The number of hydrogen-bond donors (Lipinski definition) is 1. The first kappa shape index (κ1) is 14.4. The molecule has 0 aliphatic heterocycles. The molecule has 4 heteroatoms. The summed E-state index contributed by atoms with van der Waals surface area (Å²) in [5.74, 6) is 2.66. The van der Waals surface area contributed by atoms with Gasteiger partial charge < -0.3 is 5.32 Å². The number of nitrogens with one attached hydrogen (secondary N) is 1. The van der Waals surface area contributed by atoms with Gasteiger partial charge >= 0.3 is 0 Å². The van der Waals surface area contributed by atoms with Gasteiger partial charge in [-0.05, 0) is 18.9 Å². The molecule has 1 aliphatic rings. The third-order valence-corrected chi connectivity index (χ3v) is 5.77. The molecule has 2 aromatic rings. The second-order valence-corrected chi connectivity index (χ2v) is 6.91. The quantitative estimate of drug-likeness (QED) is 0.769. The van der Waals surface area contributed by atoms with E-state index in [1.807, 2.05) is 24.3 Å². The van der Waals surface area contributed by atoms with E-state index in [0.717, 1.165) is 42.2 Å². The zero-order valence-electron chi connectivity index (χ0n) is 11.6. The van der Waals surface area contributed by atoms with E-state index >= 15 is 0 Å². The lowest BCUT2D eigenvalue weighted by Crippen LogP contribution is -2.36. The standard InChI is InChI=1S/C17H16ClNOS/c1-2-17(10-6-3-7-11-17)16(20)19-15-14(18)12-8-4-5-9-13(12)21-15/h1,4-5,8-9H,3,6-7,10-11H2,(H,19,20). The highest BCUT2D eigenvalue weighted by Crippen LogP contribution is 2.42. The molecule has 1 amide bonds. The molecule has 21 heavy (non-hydrogen) atoms. The molecule has 0 spiro atoms. The van der Waals surface area contributed by atoms with Gasteiger partial charge in [-0.2, -0.15) is 0 Å². The van der Waals surface area contributed by atoms with Crippen LogP contribution in [-0.2, 0) is 4.79 Å². The Labute approximate surface area is 133 Å². The smallest absolute Gasteiger partial charge is 0.243 e. The highest BCUT2D eigenvalue weighted by Gasteiger charge is 2.38. The van der Waals surface area contributed by atoms with E-state index in [-0.39, 0.29) is 5.91 Å². The van der Waals surface area contributed by atoms with Crippen molar-refractivity contribution in [1.29, 1.82) is 0 Å². The Bertz CT molecular complexity index is 722. The van der Waals surface area contributed by atoms with Crippen molar-refractivity contribution in [3.63, 3.8) is 0 Å².